The van der Waals surface area contributed by atoms with Crippen LogP contribution in [0.5, 0.6) is 11.5 Å². The molecule has 2 aromatic heterocycles. The first-order chi connectivity index (χ1) is 12.2. The van der Waals surface area contributed by atoms with Gasteiger partial charge >= 0.3 is 5.97 Å². The number of esters is 1. The summed E-state index contributed by atoms with van der Waals surface area (Å²) < 4.78 is 17.5. The zero-order valence-corrected chi connectivity index (χ0v) is 13.9. The van der Waals surface area contributed by atoms with Crippen LogP contribution in [0.15, 0.2) is 48.8 Å². The molecule has 6 heteroatoms. The van der Waals surface area contributed by atoms with E-state index in [-0.39, 0.29) is 6.61 Å². The van der Waals surface area contributed by atoms with Crippen LogP contribution in [-0.4, -0.2) is 24.6 Å². The van der Waals surface area contributed by atoms with Crippen molar-refractivity contribution < 1.29 is 19.0 Å². The van der Waals surface area contributed by atoms with Gasteiger partial charge in [0.2, 0.25) is 0 Å². The van der Waals surface area contributed by atoms with Crippen molar-refractivity contribution in [1.82, 2.24) is 4.40 Å². The Morgan fingerprint density at radius 2 is 1.96 bits per heavy atom. The second kappa shape index (κ2) is 6.97. The summed E-state index contributed by atoms with van der Waals surface area (Å²) >= 11 is 0. The average molecular weight is 336 g/mol. The summed E-state index contributed by atoms with van der Waals surface area (Å²) in [4.78, 5) is 12.3. The number of fused-ring (bicyclic) bond motifs is 1. The molecule has 0 atom stereocenters. The zero-order valence-electron chi connectivity index (χ0n) is 13.9. The molecule has 25 heavy (non-hydrogen) atoms. The molecule has 0 unspecified atom stereocenters. The van der Waals surface area contributed by atoms with Gasteiger partial charge in [-0.2, -0.15) is 5.26 Å². The molecule has 0 aliphatic rings. The van der Waals surface area contributed by atoms with E-state index in [4.69, 9.17) is 14.2 Å². The number of rotatable bonds is 5. The first kappa shape index (κ1) is 16.4. The number of nitrogens with zero attached hydrogens (tertiary/aromatic N) is 2. The second-order valence-electron chi connectivity index (χ2n) is 5.28. The van der Waals surface area contributed by atoms with Gasteiger partial charge in [0.15, 0.2) is 11.5 Å². The number of ether oxygens (including phenoxy) is 3. The molecule has 6 nitrogen and oxygen atoms in total. The molecular weight excluding hydrogens is 320 g/mol. The number of methoxy groups -OCH3 is 2. The number of pyridine rings is 1. The van der Waals surface area contributed by atoms with Crippen molar-refractivity contribution >= 4 is 11.5 Å². The Balaban J connectivity index is 1.80. The number of aromatic nitrogens is 1. The molecule has 0 spiro atoms. The van der Waals surface area contributed by atoms with Gasteiger partial charge in [0.1, 0.15) is 12.7 Å². The van der Waals surface area contributed by atoms with Gasteiger partial charge in [0, 0.05) is 18.0 Å². The normalized spacial score (nSPS) is 10.3. The van der Waals surface area contributed by atoms with Gasteiger partial charge in [0.25, 0.3) is 0 Å². The van der Waals surface area contributed by atoms with E-state index in [0.717, 1.165) is 5.52 Å². The third-order valence-electron chi connectivity index (χ3n) is 3.85. The fraction of sp³-hybridized carbons (Fsp3) is 0.158. The van der Waals surface area contributed by atoms with Crippen molar-refractivity contribution in [3.63, 3.8) is 0 Å². The van der Waals surface area contributed by atoms with Gasteiger partial charge in [-0.3, -0.25) is 0 Å². The lowest BCUT2D eigenvalue weighted by Gasteiger charge is -2.09. The molecule has 3 rings (SSSR count). The highest BCUT2D eigenvalue weighted by atomic mass is 16.5. The predicted molar refractivity (Wildman–Crippen MR) is 90.8 cm³/mol. The standard InChI is InChI=1S/C19H16N2O4/c1-23-17-7-6-13(9-18(17)24-2)19(22)25-12-14-11-21-8-4-3-5-16(21)15(14)10-20/h3-9,11H,12H2,1-2H3. The minimum Gasteiger partial charge on any atom is -0.493 e. The SMILES string of the molecule is COc1ccc(C(=O)OCc2cn3ccccc3c2C#N)cc1OC. The van der Waals surface area contributed by atoms with Crippen LogP contribution >= 0.6 is 0 Å². The monoisotopic (exact) mass is 336 g/mol. The molecule has 0 aliphatic carbocycles. The minimum absolute atomic E-state index is 0.0117. The molecule has 0 saturated carbocycles. The molecule has 1 aromatic carbocycles. The molecule has 0 aliphatic heterocycles. The summed E-state index contributed by atoms with van der Waals surface area (Å²) in [6.07, 6.45) is 3.63. The molecule has 0 amide bonds. The second-order valence-corrected chi connectivity index (χ2v) is 5.28. The number of hydrogen-bond donors (Lipinski definition) is 0. The summed E-state index contributed by atoms with van der Waals surface area (Å²) in [5, 5.41) is 9.38. The Bertz CT molecular complexity index is 969. The highest BCUT2D eigenvalue weighted by molar-refractivity contribution is 5.90. The Hall–Kier alpha value is -3.46. The van der Waals surface area contributed by atoms with Crippen molar-refractivity contribution in [2.75, 3.05) is 14.2 Å². The first-order valence-corrected chi connectivity index (χ1v) is 7.55. The first-order valence-electron chi connectivity index (χ1n) is 7.55. The molecule has 3 aromatic rings. The maximum atomic E-state index is 12.3. The van der Waals surface area contributed by atoms with Crippen LogP contribution in [0.25, 0.3) is 5.52 Å². The van der Waals surface area contributed by atoms with E-state index < -0.39 is 5.97 Å². The topological polar surface area (TPSA) is 73.0 Å². The third-order valence-corrected chi connectivity index (χ3v) is 3.85. The largest absolute Gasteiger partial charge is 0.493 e. The van der Waals surface area contributed by atoms with Gasteiger partial charge in [-0.15, -0.1) is 0 Å². The fourth-order valence-electron chi connectivity index (χ4n) is 2.61. The van der Waals surface area contributed by atoms with Crippen molar-refractivity contribution in [1.29, 1.82) is 5.26 Å². The molecule has 2 heterocycles. The molecule has 0 fully saturated rings. The van der Waals surface area contributed by atoms with Crippen LogP contribution in [0.2, 0.25) is 0 Å². The van der Waals surface area contributed by atoms with E-state index in [2.05, 4.69) is 6.07 Å². The molecule has 0 N–H and O–H groups in total. The Morgan fingerprint density at radius 3 is 2.68 bits per heavy atom. The average Bonchev–Trinajstić information content (AvgIpc) is 3.02. The fourth-order valence-corrected chi connectivity index (χ4v) is 2.61. The molecule has 126 valence electrons. The van der Waals surface area contributed by atoms with Crippen molar-refractivity contribution in [3.8, 4) is 17.6 Å². The molecule has 0 bridgehead atoms. The Labute approximate surface area is 144 Å². The van der Waals surface area contributed by atoms with Crippen LogP contribution in [0.4, 0.5) is 0 Å². The lowest BCUT2D eigenvalue weighted by Crippen LogP contribution is -2.06. The van der Waals surface area contributed by atoms with E-state index in [1.807, 2.05) is 28.8 Å². The number of carbonyl (C=O) groups excluding carboxylic acids is 1. The number of nitriles is 1. The summed E-state index contributed by atoms with van der Waals surface area (Å²) in [5.74, 6) is 0.480. The van der Waals surface area contributed by atoms with E-state index >= 15 is 0 Å². The van der Waals surface area contributed by atoms with Crippen molar-refractivity contribution in [2.45, 2.75) is 6.61 Å². The zero-order chi connectivity index (χ0) is 17.8. The number of carbonyl (C=O) groups is 1. The third kappa shape index (κ3) is 3.12. The maximum absolute atomic E-state index is 12.3. The molecule has 0 saturated heterocycles. The van der Waals surface area contributed by atoms with E-state index in [1.165, 1.54) is 14.2 Å². The summed E-state index contributed by atoms with van der Waals surface area (Å²) in [6.45, 7) is 0.0117. The lowest BCUT2D eigenvalue weighted by molar-refractivity contribution is 0.0472. The Kier molecular flexibility index (Phi) is 4.57. The summed E-state index contributed by atoms with van der Waals surface area (Å²) in [7, 11) is 3.02. The molecule has 0 radical (unpaired) electrons. The van der Waals surface area contributed by atoms with E-state index in [1.54, 1.807) is 24.4 Å². The highest BCUT2D eigenvalue weighted by Gasteiger charge is 2.15. The van der Waals surface area contributed by atoms with Gasteiger partial charge in [-0.1, -0.05) is 6.07 Å². The van der Waals surface area contributed by atoms with Crippen LogP contribution in [0.3, 0.4) is 0 Å². The quantitative estimate of drug-likeness (QED) is 0.669. The Morgan fingerprint density at radius 1 is 1.16 bits per heavy atom. The lowest BCUT2D eigenvalue weighted by atomic mass is 10.2. The van der Waals surface area contributed by atoms with Gasteiger partial charge in [0.05, 0.1) is 30.9 Å². The van der Waals surface area contributed by atoms with Gasteiger partial charge < -0.3 is 18.6 Å². The highest BCUT2D eigenvalue weighted by Crippen LogP contribution is 2.28. The van der Waals surface area contributed by atoms with E-state index in [9.17, 15) is 10.1 Å². The minimum atomic E-state index is -0.500. The van der Waals surface area contributed by atoms with Crippen LogP contribution in [0.1, 0.15) is 21.5 Å². The smallest absolute Gasteiger partial charge is 0.338 e. The summed E-state index contributed by atoms with van der Waals surface area (Å²) in [5.41, 5.74) is 2.28. The van der Waals surface area contributed by atoms with Crippen LogP contribution in [0, 0.1) is 11.3 Å². The van der Waals surface area contributed by atoms with Crippen molar-refractivity contribution in [3.05, 3.63) is 65.5 Å². The van der Waals surface area contributed by atoms with Gasteiger partial charge in [-0.05, 0) is 30.3 Å². The number of hydrogen-bond acceptors (Lipinski definition) is 5. The van der Waals surface area contributed by atoms with Gasteiger partial charge in [-0.25, -0.2) is 4.79 Å². The van der Waals surface area contributed by atoms with Crippen molar-refractivity contribution in [2.24, 2.45) is 0 Å². The van der Waals surface area contributed by atoms with Crippen LogP contribution < -0.4 is 9.47 Å². The predicted octanol–water partition coefficient (Wildman–Crippen LogP) is 3.19. The summed E-state index contributed by atoms with van der Waals surface area (Å²) in [6, 6.07) is 12.5. The van der Waals surface area contributed by atoms with Crippen LogP contribution in [-0.2, 0) is 11.3 Å². The van der Waals surface area contributed by atoms with E-state index in [0.29, 0.717) is 28.2 Å². The molecular formula is C19H16N2O4. The maximum Gasteiger partial charge on any atom is 0.338 e. The number of benzene rings is 1.